The Morgan fingerprint density at radius 1 is 1.35 bits per heavy atom. The average Bonchev–Trinajstić information content (AvgIpc) is 2.66. The van der Waals surface area contributed by atoms with E-state index < -0.39 is 26.2 Å². The van der Waals surface area contributed by atoms with E-state index in [9.17, 15) is 18.0 Å². The van der Waals surface area contributed by atoms with Gasteiger partial charge in [-0.3, -0.25) is 19.5 Å². The molecule has 1 aromatic carbocycles. The van der Waals surface area contributed by atoms with Crippen LogP contribution in [0.3, 0.4) is 0 Å². The lowest BCUT2D eigenvalue weighted by atomic mass is 10.2. The van der Waals surface area contributed by atoms with Crippen molar-refractivity contribution in [2.45, 2.75) is 4.90 Å². The van der Waals surface area contributed by atoms with E-state index in [2.05, 4.69) is 5.32 Å². The number of amides is 2. The van der Waals surface area contributed by atoms with Gasteiger partial charge < -0.3 is 4.74 Å². The van der Waals surface area contributed by atoms with Gasteiger partial charge in [0, 0.05) is 0 Å². The van der Waals surface area contributed by atoms with Gasteiger partial charge >= 0.3 is 0 Å². The maximum atomic E-state index is 11.4. The normalized spacial score (nSPS) is 17.4. The van der Waals surface area contributed by atoms with Crippen molar-refractivity contribution in [3.8, 4) is 5.75 Å². The molecule has 1 saturated heterocycles. The molecule has 7 nitrogen and oxygen atoms in total. The lowest BCUT2D eigenvalue weighted by Gasteiger charge is -2.06. The second-order valence-electron chi connectivity index (χ2n) is 3.74. The summed E-state index contributed by atoms with van der Waals surface area (Å²) in [5, 5.41) is 1.58. The van der Waals surface area contributed by atoms with Gasteiger partial charge in [0.1, 0.15) is 10.6 Å². The van der Waals surface area contributed by atoms with Crippen LogP contribution in [0.15, 0.2) is 28.0 Å². The molecule has 0 unspecified atom stereocenters. The molecule has 106 valence electrons. The first kappa shape index (κ1) is 14.6. The van der Waals surface area contributed by atoms with Crippen LogP contribution in [0.25, 0.3) is 6.08 Å². The Morgan fingerprint density at radius 3 is 2.55 bits per heavy atom. The molecule has 0 radical (unpaired) electrons. The molecule has 1 fully saturated rings. The van der Waals surface area contributed by atoms with Crippen LogP contribution < -0.4 is 10.1 Å². The smallest absolute Gasteiger partial charge is 0.298 e. The van der Waals surface area contributed by atoms with Crippen LogP contribution in [0.4, 0.5) is 4.79 Å². The summed E-state index contributed by atoms with van der Waals surface area (Å²) in [4.78, 5) is 22.1. The molecule has 0 aliphatic carbocycles. The average molecular weight is 315 g/mol. The van der Waals surface area contributed by atoms with Gasteiger partial charge in [0.15, 0.2) is 0 Å². The number of carbonyl (C=O) groups is 2. The van der Waals surface area contributed by atoms with Crippen LogP contribution in [-0.2, 0) is 14.9 Å². The van der Waals surface area contributed by atoms with Gasteiger partial charge in [-0.25, -0.2) is 0 Å². The molecule has 1 aromatic rings. The summed E-state index contributed by atoms with van der Waals surface area (Å²) in [7, 11) is -3.19. The van der Waals surface area contributed by atoms with E-state index >= 15 is 0 Å². The number of carbonyl (C=O) groups excluding carboxylic acids is 2. The Hall–Kier alpha value is -1.84. The maximum absolute atomic E-state index is 11.4. The van der Waals surface area contributed by atoms with Gasteiger partial charge in [0.25, 0.3) is 21.3 Å². The van der Waals surface area contributed by atoms with Gasteiger partial charge in [-0.15, -0.1) is 0 Å². The highest BCUT2D eigenvalue weighted by atomic mass is 32.2. The molecule has 1 aliphatic heterocycles. The second-order valence-corrected chi connectivity index (χ2v) is 6.14. The van der Waals surface area contributed by atoms with E-state index in [0.717, 1.165) is 6.07 Å². The molecule has 0 spiro atoms. The third kappa shape index (κ3) is 3.00. The molecule has 0 bridgehead atoms. The first-order valence-electron chi connectivity index (χ1n) is 5.21. The lowest BCUT2D eigenvalue weighted by molar-refractivity contribution is -0.115. The van der Waals surface area contributed by atoms with E-state index in [0.29, 0.717) is 17.3 Å². The summed E-state index contributed by atoms with van der Waals surface area (Å²) in [6.07, 6.45) is 1.35. The molecule has 9 heteroatoms. The Bertz CT molecular complexity index is 722. The van der Waals surface area contributed by atoms with Crippen molar-refractivity contribution in [1.29, 1.82) is 0 Å². The number of ether oxygens (including phenoxy) is 1. The van der Waals surface area contributed by atoms with Crippen molar-refractivity contribution in [2.24, 2.45) is 0 Å². The fraction of sp³-hybridized carbons (Fsp3) is 0.0909. The molecule has 20 heavy (non-hydrogen) atoms. The Balaban J connectivity index is 2.48. The highest BCUT2D eigenvalue weighted by Crippen LogP contribution is 2.29. The number of methoxy groups -OCH3 is 1. The maximum Gasteiger partial charge on any atom is 0.298 e. The van der Waals surface area contributed by atoms with Crippen LogP contribution in [0.1, 0.15) is 5.56 Å². The topological polar surface area (TPSA) is 110 Å². The van der Waals surface area contributed by atoms with Crippen molar-refractivity contribution in [3.63, 3.8) is 0 Å². The van der Waals surface area contributed by atoms with Crippen molar-refractivity contribution >= 4 is 39.1 Å². The molecule has 0 saturated carbocycles. The fourth-order valence-corrected chi connectivity index (χ4v) is 2.93. The number of rotatable bonds is 3. The van der Waals surface area contributed by atoms with E-state index in [4.69, 9.17) is 9.29 Å². The molecular formula is C11H9NO6S2. The molecule has 2 rings (SSSR count). The summed E-state index contributed by atoms with van der Waals surface area (Å²) >= 11 is 0.710. The van der Waals surface area contributed by atoms with Gasteiger partial charge in [0.05, 0.1) is 12.0 Å². The van der Waals surface area contributed by atoms with Gasteiger partial charge in [0.2, 0.25) is 0 Å². The zero-order valence-corrected chi connectivity index (χ0v) is 11.7. The fourth-order valence-electron chi connectivity index (χ4n) is 1.56. The van der Waals surface area contributed by atoms with E-state index in [-0.39, 0.29) is 10.7 Å². The van der Waals surface area contributed by atoms with E-state index in [1.165, 1.54) is 25.3 Å². The minimum absolute atomic E-state index is 0.0192. The van der Waals surface area contributed by atoms with Crippen LogP contribution in [0.2, 0.25) is 0 Å². The van der Waals surface area contributed by atoms with Crippen molar-refractivity contribution in [3.05, 3.63) is 28.7 Å². The largest absolute Gasteiger partial charge is 0.495 e. The van der Waals surface area contributed by atoms with E-state index in [1.807, 2.05) is 0 Å². The zero-order chi connectivity index (χ0) is 14.9. The van der Waals surface area contributed by atoms with Crippen LogP contribution in [0.5, 0.6) is 5.75 Å². The molecule has 1 aliphatic rings. The molecular weight excluding hydrogens is 306 g/mol. The van der Waals surface area contributed by atoms with Gasteiger partial charge in [-0.05, 0) is 35.5 Å². The zero-order valence-electron chi connectivity index (χ0n) is 10.1. The standard InChI is InChI=1S/C11H9NO6S2/c1-18-7-3-2-6(5-9(7)20(15,16)17)4-8-10(13)12-11(14)19-8/h2-5H,1H3,(H,12,13,14)(H,15,16,17)/b8-4-. The molecule has 2 N–H and O–H groups in total. The number of imide groups is 1. The number of thioether (sulfide) groups is 1. The van der Waals surface area contributed by atoms with Crippen molar-refractivity contribution in [2.75, 3.05) is 7.11 Å². The Morgan fingerprint density at radius 2 is 2.05 bits per heavy atom. The summed E-state index contributed by atoms with van der Waals surface area (Å²) in [5.41, 5.74) is 0.339. The third-order valence-electron chi connectivity index (χ3n) is 2.41. The highest BCUT2D eigenvalue weighted by Gasteiger charge is 2.25. The SMILES string of the molecule is COc1ccc(/C=C2\SC(=O)NC2=O)cc1S(=O)(=O)O. The minimum Gasteiger partial charge on any atom is -0.495 e. The monoisotopic (exact) mass is 315 g/mol. The predicted octanol–water partition coefficient (Wildman–Crippen LogP) is 1.27. The van der Waals surface area contributed by atoms with Crippen molar-refractivity contribution in [1.82, 2.24) is 5.32 Å². The predicted molar refractivity (Wildman–Crippen MR) is 71.9 cm³/mol. The van der Waals surface area contributed by atoms with Crippen LogP contribution >= 0.6 is 11.8 Å². The number of hydrogen-bond acceptors (Lipinski definition) is 6. The van der Waals surface area contributed by atoms with E-state index in [1.54, 1.807) is 0 Å². The minimum atomic E-state index is -4.45. The second kappa shape index (κ2) is 5.27. The molecule has 0 aromatic heterocycles. The van der Waals surface area contributed by atoms with Crippen molar-refractivity contribution < 1.29 is 27.3 Å². The summed E-state index contributed by atoms with van der Waals surface area (Å²) in [5.74, 6) is -0.571. The summed E-state index contributed by atoms with van der Waals surface area (Å²) in [6.45, 7) is 0. The summed E-state index contributed by atoms with van der Waals surface area (Å²) in [6, 6.07) is 3.99. The first-order valence-corrected chi connectivity index (χ1v) is 7.47. The number of benzene rings is 1. The Kier molecular flexibility index (Phi) is 3.84. The van der Waals surface area contributed by atoms with Crippen LogP contribution in [-0.4, -0.2) is 31.2 Å². The highest BCUT2D eigenvalue weighted by molar-refractivity contribution is 8.18. The molecule has 2 amide bonds. The van der Waals surface area contributed by atoms with Gasteiger partial charge in [-0.1, -0.05) is 6.07 Å². The number of hydrogen-bond donors (Lipinski definition) is 2. The van der Waals surface area contributed by atoms with Crippen LogP contribution in [0, 0.1) is 0 Å². The Labute approximate surface area is 118 Å². The first-order chi connectivity index (χ1) is 9.31. The van der Waals surface area contributed by atoms with Gasteiger partial charge in [-0.2, -0.15) is 8.42 Å². The third-order valence-corrected chi connectivity index (χ3v) is 4.09. The quantitative estimate of drug-likeness (QED) is 0.638. The molecule has 0 atom stereocenters. The summed E-state index contributed by atoms with van der Waals surface area (Å²) < 4.78 is 36.4. The molecule has 1 heterocycles. The lowest BCUT2D eigenvalue weighted by Crippen LogP contribution is -2.17. The number of nitrogens with one attached hydrogen (secondary N) is 1.